The molecule has 8 heteroatoms. The normalized spacial score (nSPS) is 10.9. The van der Waals surface area contributed by atoms with Crippen LogP contribution in [0.15, 0.2) is 41.4 Å². The van der Waals surface area contributed by atoms with Gasteiger partial charge >= 0.3 is 0 Å². The Morgan fingerprint density at radius 1 is 1.36 bits per heavy atom. The first-order valence-electron chi connectivity index (χ1n) is 8.68. The van der Waals surface area contributed by atoms with Gasteiger partial charge in [0.05, 0.1) is 5.75 Å². The molecule has 2 aromatic heterocycles. The highest BCUT2D eigenvalue weighted by atomic mass is 35.5. The van der Waals surface area contributed by atoms with Crippen LogP contribution in [0, 0.1) is 20.8 Å². The number of aryl methyl sites for hydroxylation is 2. The molecule has 0 aliphatic heterocycles. The zero-order valence-electron chi connectivity index (χ0n) is 16.0. The number of nitrogens with one attached hydrogen (secondary N) is 1. The number of halogens is 1. The standard InChI is InChI=1S/C20H21ClN4OS2/c1-5-8-25-19(16-10-27-14(4)13(16)3)23-24-20(25)28-11-18(26)22-17-9-15(21)7-6-12(17)2/h5-7,9-10H,1,8,11H2,2-4H3,(H,22,26). The molecule has 0 radical (unpaired) electrons. The topological polar surface area (TPSA) is 59.8 Å². The zero-order valence-corrected chi connectivity index (χ0v) is 18.3. The Labute approximate surface area is 177 Å². The van der Waals surface area contributed by atoms with Crippen molar-refractivity contribution in [3.63, 3.8) is 0 Å². The fraction of sp³-hybridized carbons (Fsp3) is 0.250. The van der Waals surface area contributed by atoms with Crippen molar-refractivity contribution in [3.8, 4) is 11.4 Å². The predicted octanol–water partition coefficient (Wildman–Crippen LogP) is 5.50. The van der Waals surface area contributed by atoms with Crippen LogP contribution in [0.2, 0.25) is 5.02 Å². The van der Waals surface area contributed by atoms with E-state index in [1.807, 2.05) is 17.6 Å². The van der Waals surface area contributed by atoms with Crippen LogP contribution in [0.5, 0.6) is 0 Å². The average molecular weight is 433 g/mol. The Morgan fingerprint density at radius 3 is 2.82 bits per heavy atom. The second-order valence-corrected chi connectivity index (χ2v) is 8.79. The summed E-state index contributed by atoms with van der Waals surface area (Å²) in [6.07, 6.45) is 1.81. The number of amides is 1. The minimum absolute atomic E-state index is 0.118. The number of carbonyl (C=O) groups excluding carboxylic acids is 1. The molecular formula is C20H21ClN4OS2. The summed E-state index contributed by atoms with van der Waals surface area (Å²) < 4.78 is 1.99. The summed E-state index contributed by atoms with van der Waals surface area (Å²) in [5.41, 5.74) is 3.95. The van der Waals surface area contributed by atoms with Gasteiger partial charge in [-0.05, 0) is 44.0 Å². The molecule has 0 unspecified atom stereocenters. The van der Waals surface area contributed by atoms with Gasteiger partial charge in [-0.1, -0.05) is 35.5 Å². The summed E-state index contributed by atoms with van der Waals surface area (Å²) in [7, 11) is 0. The van der Waals surface area contributed by atoms with E-state index < -0.39 is 0 Å². The number of rotatable bonds is 7. The second kappa shape index (κ2) is 8.94. The number of benzene rings is 1. The molecule has 146 valence electrons. The monoisotopic (exact) mass is 432 g/mol. The lowest BCUT2D eigenvalue weighted by Gasteiger charge is -2.10. The molecule has 0 atom stereocenters. The van der Waals surface area contributed by atoms with Gasteiger partial charge in [-0.3, -0.25) is 9.36 Å². The number of thioether (sulfide) groups is 1. The maximum Gasteiger partial charge on any atom is 0.234 e. The highest BCUT2D eigenvalue weighted by molar-refractivity contribution is 7.99. The summed E-state index contributed by atoms with van der Waals surface area (Å²) in [4.78, 5) is 13.7. The number of hydrogen-bond donors (Lipinski definition) is 1. The van der Waals surface area contributed by atoms with E-state index in [0.717, 1.165) is 22.6 Å². The third kappa shape index (κ3) is 4.48. The second-order valence-electron chi connectivity index (χ2n) is 6.33. The Bertz CT molecular complexity index is 1030. The fourth-order valence-electron chi connectivity index (χ4n) is 2.67. The van der Waals surface area contributed by atoms with E-state index in [4.69, 9.17) is 11.6 Å². The molecule has 0 spiro atoms. The first-order valence-corrected chi connectivity index (χ1v) is 10.9. The molecule has 0 aliphatic carbocycles. The van der Waals surface area contributed by atoms with Crippen molar-refractivity contribution in [1.29, 1.82) is 0 Å². The fourth-order valence-corrected chi connectivity index (χ4v) is 4.45. The largest absolute Gasteiger partial charge is 0.325 e. The van der Waals surface area contributed by atoms with Crippen LogP contribution in [0.25, 0.3) is 11.4 Å². The van der Waals surface area contributed by atoms with E-state index in [1.54, 1.807) is 29.5 Å². The van der Waals surface area contributed by atoms with Crippen LogP contribution < -0.4 is 5.32 Å². The van der Waals surface area contributed by atoms with Crippen LogP contribution in [0.4, 0.5) is 5.69 Å². The third-order valence-corrected chi connectivity index (χ3v) is 6.58. The molecule has 1 aromatic carbocycles. The van der Waals surface area contributed by atoms with Crippen molar-refractivity contribution in [1.82, 2.24) is 14.8 Å². The molecule has 0 saturated carbocycles. The molecule has 5 nitrogen and oxygen atoms in total. The first kappa shape index (κ1) is 20.6. The third-order valence-electron chi connectivity index (χ3n) is 4.36. The van der Waals surface area contributed by atoms with Gasteiger partial charge in [0.1, 0.15) is 0 Å². The van der Waals surface area contributed by atoms with Crippen LogP contribution >= 0.6 is 34.7 Å². The molecule has 0 fully saturated rings. The van der Waals surface area contributed by atoms with E-state index in [2.05, 4.69) is 41.3 Å². The number of allylic oxidation sites excluding steroid dienone is 1. The van der Waals surface area contributed by atoms with Crippen molar-refractivity contribution >= 4 is 46.3 Å². The maximum atomic E-state index is 12.4. The molecule has 0 saturated heterocycles. The maximum absolute atomic E-state index is 12.4. The average Bonchev–Trinajstić information content (AvgIpc) is 3.20. The highest BCUT2D eigenvalue weighted by Crippen LogP contribution is 2.31. The van der Waals surface area contributed by atoms with Crippen LogP contribution in [0.1, 0.15) is 16.0 Å². The zero-order chi connectivity index (χ0) is 20.3. The van der Waals surface area contributed by atoms with Crippen molar-refractivity contribution in [2.75, 3.05) is 11.1 Å². The number of thiophene rings is 1. The Kier molecular flexibility index (Phi) is 6.59. The van der Waals surface area contributed by atoms with Gasteiger partial charge in [0, 0.05) is 33.1 Å². The number of hydrogen-bond acceptors (Lipinski definition) is 5. The first-order chi connectivity index (χ1) is 13.4. The lowest BCUT2D eigenvalue weighted by Crippen LogP contribution is -2.15. The molecule has 3 aromatic rings. The van der Waals surface area contributed by atoms with Crippen LogP contribution in [-0.2, 0) is 11.3 Å². The van der Waals surface area contributed by atoms with E-state index in [1.165, 1.54) is 22.2 Å². The van der Waals surface area contributed by atoms with E-state index in [0.29, 0.717) is 16.7 Å². The Hall–Kier alpha value is -2.09. The molecule has 3 rings (SSSR count). The molecule has 0 bridgehead atoms. The molecule has 0 aliphatic rings. The van der Waals surface area contributed by atoms with E-state index in [-0.39, 0.29) is 11.7 Å². The quantitative estimate of drug-likeness (QED) is 0.395. The highest BCUT2D eigenvalue weighted by Gasteiger charge is 2.18. The van der Waals surface area contributed by atoms with Gasteiger partial charge < -0.3 is 5.32 Å². The SMILES string of the molecule is C=CCn1c(SCC(=O)Nc2cc(Cl)ccc2C)nnc1-c1csc(C)c1C. The van der Waals surface area contributed by atoms with Crippen LogP contribution in [-0.4, -0.2) is 26.4 Å². The van der Waals surface area contributed by atoms with Gasteiger partial charge in [0.2, 0.25) is 5.91 Å². The van der Waals surface area contributed by atoms with Gasteiger partial charge in [0.25, 0.3) is 0 Å². The van der Waals surface area contributed by atoms with Crippen molar-refractivity contribution in [2.24, 2.45) is 0 Å². The van der Waals surface area contributed by atoms with Gasteiger partial charge in [-0.15, -0.1) is 28.1 Å². The number of aromatic nitrogens is 3. The number of anilines is 1. The van der Waals surface area contributed by atoms with Crippen LogP contribution in [0.3, 0.4) is 0 Å². The summed E-state index contributed by atoms with van der Waals surface area (Å²) >= 11 is 9.07. The van der Waals surface area contributed by atoms with Crippen molar-refractivity contribution in [3.05, 3.63) is 57.3 Å². The number of nitrogens with zero attached hydrogens (tertiary/aromatic N) is 3. The van der Waals surface area contributed by atoms with E-state index in [9.17, 15) is 4.79 Å². The van der Waals surface area contributed by atoms with Gasteiger partial charge in [-0.2, -0.15) is 0 Å². The summed E-state index contributed by atoms with van der Waals surface area (Å²) in [6.45, 7) is 10.5. The number of carbonyl (C=O) groups is 1. The smallest absolute Gasteiger partial charge is 0.234 e. The minimum atomic E-state index is -0.118. The molecule has 28 heavy (non-hydrogen) atoms. The summed E-state index contributed by atoms with van der Waals surface area (Å²) in [5, 5.41) is 14.9. The van der Waals surface area contributed by atoms with Gasteiger partial charge in [0.15, 0.2) is 11.0 Å². The molecule has 1 amide bonds. The summed E-state index contributed by atoms with van der Waals surface area (Å²) in [5.74, 6) is 0.908. The predicted molar refractivity (Wildman–Crippen MR) is 119 cm³/mol. The summed E-state index contributed by atoms with van der Waals surface area (Å²) in [6, 6.07) is 5.43. The molecule has 2 heterocycles. The molecular weight excluding hydrogens is 412 g/mol. The Balaban J connectivity index is 1.75. The van der Waals surface area contributed by atoms with E-state index >= 15 is 0 Å². The van der Waals surface area contributed by atoms with Crippen molar-refractivity contribution in [2.45, 2.75) is 32.5 Å². The molecule has 1 N–H and O–H groups in total. The van der Waals surface area contributed by atoms with Crippen molar-refractivity contribution < 1.29 is 4.79 Å². The minimum Gasteiger partial charge on any atom is -0.325 e. The lowest BCUT2D eigenvalue weighted by atomic mass is 10.1. The Morgan fingerprint density at radius 2 is 2.14 bits per heavy atom. The lowest BCUT2D eigenvalue weighted by molar-refractivity contribution is -0.113. The van der Waals surface area contributed by atoms with Gasteiger partial charge in [-0.25, -0.2) is 0 Å².